The van der Waals surface area contributed by atoms with Crippen molar-refractivity contribution >= 4 is 5.82 Å². The maximum absolute atomic E-state index is 5.93. The van der Waals surface area contributed by atoms with Gasteiger partial charge in [0.25, 0.3) is 0 Å². The first-order valence-corrected chi connectivity index (χ1v) is 8.63. The number of para-hydroxylation sites is 1. The molecule has 0 N–H and O–H groups in total. The topological polar surface area (TPSA) is 47.5 Å². The van der Waals surface area contributed by atoms with Crippen LogP contribution in [-0.4, -0.2) is 36.8 Å². The Kier molecular flexibility index (Phi) is 4.34. The van der Waals surface area contributed by atoms with Crippen LogP contribution in [-0.2, 0) is 17.8 Å². The number of fused-ring (bicyclic) bond motifs is 2. The molecule has 0 spiro atoms. The summed E-state index contributed by atoms with van der Waals surface area (Å²) < 4.78 is 11.4. The number of nitrogens with zero attached hydrogens (tertiary/aromatic N) is 3. The van der Waals surface area contributed by atoms with Crippen molar-refractivity contribution in [2.24, 2.45) is 5.92 Å². The van der Waals surface area contributed by atoms with Crippen LogP contribution in [0.4, 0.5) is 5.82 Å². The van der Waals surface area contributed by atoms with E-state index in [0.29, 0.717) is 12.5 Å². The molecular formula is C19H23N3O2. The van der Waals surface area contributed by atoms with E-state index in [-0.39, 0.29) is 0 Å². The molecule has 0 amide bonds. The van der Waals surface area contributed by atoms with Gasteiger partial charge in [-0.2, -0.15) is 0 Å². The molecule has 0 bridgehead atoms. The number of hydrogen-bond acceptors (Lipinski definition) is 5. The summed E-state index contributed by atoms with van der Waals surface area (Å²) in [5.41, 5.74) is 3.39. The third-order valence-corrected chi connectivity index (χ3v) is 4.95. The first-order chi connectivity index (χ1) is 11.8. The lowest BCUT2D eigenvalue weighted by molar-refractivity contribution is 0.0685. The molecule has 3 heterocycles. The summed E-state index contributed by atoms with van der Waals surface area (Å²) >= 11 is 0. The Morgan fingerprint density at radius 3 is 2.88 bits per heavy atom. The summed E-state index contributed by atoms with van der Waals surface area (Å²) in [4.78, 5) is 11.4. The van der Waals surface area contributed by atoms with Crippen LogP contribution in [0.1, 0.15) is 29.7 Å². The molecule has 1 fully saturated rings. The van der Waals surface area contributed by atoms with Gasteiger partial charge >= 0.3 is 0 Å². The smallest absolute Gasteiger partial charge is 0.135 e. The van der Waals surface area contributed by atoms with Crippen molar-refractivity contribution in [1.29, 1.82) is 0 Å². The molecule has 4 rings (SSSR count). The van der Waals surface area contributed by atoms with Crippen molar-refractivity contribution in [2.45, 2.75) is 25.9 Å². The molecular weight excluding hydrogens is 302 g/mol. The maximum atomic E-state index is 5.93. The van der Waals surface area contributed by atoms with Gasteiger partial charge in [-0.1, -0.05) is 18.2 Å². The number of anilines is 1. The van der Waals surface area contributed by atoms with E-state index < -0.39 is 0 Å². The second-order valence-corrected chi connectivity index (χ2v) is 6.63. The van der Waals surface area contributed by atoms with E-state index >= 15 is 0 Å². The summed E-state index contributed by atoms with van der Waals surface area (Å²) in [6.45, 7) is 3.27. The van der Waals surface area contributed by atoms with Crippen molar-refractivity contribution in [3.63, 3.8) is 0 Å². The minimum absolute atomic E-state index is 0.507. The largest absolute Gasteiger partial charge is 0.487 e. The Bertz CT molecular complexity index is 714. The SMILES string of the molecule is CN(CC1CCOCC1)c1ncnc2c1Cc1ccccc1OC2. The third kappa shape index (κ3) is 3.08. The molecule has 5 nitrogen and oxygen atoms in total. The molecule has 1 aromatic heterocycles. The Hall–Kier alpha value is -2.14. The first-order valence-electron chi connectivity index (χ1n) is 8.63. The minimum Gasteiger partial charge on any atom is -0.487 e. The van der Waals surface area contributed by atoms with Crippen LogP contribution in [0.25, 0.3) is 0 Å². The Morgan fingerprint density at radius 1 is 1.17 bits per heavy atom. The van der Waals surface area contributed by atoms with Gasteiger partial charge < -0.3 is 14.4 Å². The van der Waals surface area contributed by atoms with Crippen LogP contribution in [0.5, 0.6) is 5.75 Å². The van der Waals surface area contributed by atoms with Crippen LogP contribution in [0.3, 0.4) is 0 Å². The van der Waals surface area contributed by atoms with E-state index in [9.17, 15) is 0 Å². The molecule has 0 aliphatic carbocycles. The quantitative estimate of drug-likeness (QED) is 0.868. The van der Waals surface area contributed by atoms with Gasteiger partial charge in [0.1, 0.15) is 24.5 Å². The third-order valence-electron chi connectivity index (χ3n) is 4.95. The number of ether oxygens (including phenoxy) is 2. The Balaban J connectivity index is 1.61. The highest BCUT2D eigenvalue weighted by atomic mass is 16.5. The Labute approximate surface area is 142 Å². The molecule has 5 heteroatoms. The van der Waals surface area contributed by atoms with Gasteiger partial charge in [-0.15, -0.1) is 0 Å². The molecule has 1 saturated heterocycles. The highest BCUT2D eigenvalue weighted by Gasteiger charge is 2.23. The van der Waals surface area contributed by atoms with Crippen molar-refractivity contribution < 1.29 is 9.47 Å². The minimum atomic E-state index is 0.507. The van der Waals surface area contributed by atoms with Gasteiger partial charge in [-0.05, 0) is 30.4 Å². The lowest BCUT2D eigenvalue weighted by Gasteiger charge is -2.29. The van der Waals surface area contributed by atoms with E-state index in [2.05, 4.69) is 34.0 Å². The number of aromatic nitrogens is 2. The second-order valence-electron chi connectivity index (χ2n) is 6.63. The molecule has 126 valence electrons. The van der Waals surface area contributed by atoms with E-state index in [0.717, 1.165) is 56.3 Å². The van der Waals surface area contributed by atoms with Crippen LogP contribution < -0.4 is 9.64 Å². The summed E-state index contributed by atoms with van der Waals surface area (Å²) in [6, 6.07) is 8.22. The normalized spacial score (nSPS) is 17.4. The van der Waals surface area contributed by atoms with Crippen LogP contribution >= 0.6 is 0 Å². The summed E-state index contributed by atoms with van der Waals surface area (Å²) in [6.07, 6.45) is 4.74. The maximum Gasteiger partial charge on any atom is 0.135 e. The standard InChI is InChI=1S/C19H23N3O2/c1-22(11-14-6-8-23-9-7-14)19-16-10-15-4-2-3-5-18(15)24-12-17(16)20-13-21-19/h2-5,13-14H,6-12H2,1H3. The van der Waals surface area contributed by atoms with Gasteiger partial charge in [0.15, 0.2) is 0 Å². The molecule has 2 aromatic rings. The zero-order valence-corrected chi connectivity index (χ0v) is 14.1. The molecule has 2 aliphatic heterocycles. The molecule has 1 aromatic carbocycles. The Morgan fingerprint density at radius 2 is 2.00 bits per heavy atom. The van der Waals surface area contributed by atoms with E-state index in [4.69, 9.17) is 9.47 Å². The predicted molar refractivity (Wildman–Crippen MR) is 92.4 cm³/mol. The number of benzene rings is 1. The molecule has 0 saturated carbocycles. The van der Waals surface area contributed by atoms with Gasteiger partial charge in [-0.3, -0.25) is 0 Å². The second kappa shape index (κ2) is 6.77. The van der Waals surface area contributed by atoms with Crippen LogP contribution in [0.2, 0.25) is 0 Å². The van der Waals surface area contributed by atoms with E-state index in [1.165, 1.54) is 11.1 Å². The number of rotatable bonds is 3. The summed E-state index contributed by atoms with van der Waals surface area (Å²) in [5.74, 6) is 2.66. The fraction of sp³-hybridized carbons (Fsp3) is 0.474. The molecule has 0 radical (unpaired) electrons. The zero-order valence-electron chi connectivity index (χ0n) is 14.1. The molecule has 24 heavy (non-hydrogen) atoms. The van der Waals surface area contributed by atoms with Crippen molar-refractivity contribution in [3.05, 3.63) is 47.4 Å². The van der Waals surface area contributed by atoms with Gasteiger partial charge in [0.05, 0.1) is 5.69 Å². The molecule has 0 atom stereocenters. The summed E-state index contributed by atoms with van der Waals surface area (Å²) in [7, 11) is 2.13. The fourth-order valence-electron chi connectivity index (χ4n) is 3.60. The van der Waals surface area contributed by atoms with Gasteiger partial charge in [0.2, 0.25) is 0 Å². The van der Waals surface area contributed by atoms with Crippen LogP contribution in [0.15, 0.2) is 30.6 Å². The molecule has 2 aliphatic rings. The zero-order chi connectivity index (χ0) is 16.4. The molecule has 0 unspecified atom stereocenters. The van der Waals surface area contributed by atoms with Crippen molar-refractivity contribution in [2.75, 3.05) is 31.7 Å². The highest BCUT2D eigenvalue weighted by molar-refractivity contribution is 5.53. The van der Waals surface area contributed by atoms with Crippen molar-refractivity contribution in [1.82, 2.24) is 9.97 Å². The van der Waals surface area contributed by atoms with Gasteiger partial charge in [-0.25, -0.2) is 9.97 Å². The van der Waals surface area contributed by atoms with E-state index in [1.807, 2.05) is 12.1 Å². The lowest BCUT2D eigenvalue weighted by Crippen LogP contribution is -2.31. The summed E-state index contributed by atoms with van der Waals surface area (Å²) in [5, 5.41) is 0. The van der Waals surface area contributed by atoms with Crippen molar-refractivity contribution in [3.8, 4) is 5.75 Å². The average Bonchev–Trinajstić information content (AvgIpc) is 2.81. The number of hydrogen-bond donors (Lipinski definition) is 0. The monoisotopic (exact) mass is 325 g/mol. The average molecular weight is 325 g/mol. The predicted octanol–water partition coefficient (Wildman–Crippen LogP) is 2.82. The fourth-order valence-corrected chi connectivity index (χ4v) is 3.60. The van der Waals surface area contributed by atoms with Gasteiger partial charge in [0, 0.05) is 38.8 Å². The first kappa shape index (κ1) is 15.4. The van der Waals surface area contributed by atoms with E-state index in [1.54, 1.807) is 6.33 Å². The lowest BCUT2D eigenvalue weighted by atomic mass is 9.99. The highest BCUT2D eigenvalue weighted by Crippen LogP contribution is 2.31. The van der Waals surface area contributed by atoms with Crippen LogP contribution in [0, 0.1) is 5.92 Å².